The maximum atomic E-state index is 13.0. The molecule has 2 fully saturated rings. The summed E-state index contributed by atoms with van der Waals surface area (Å²) in [6, 6.07) is 3.79. The molecule has 1 atom stereocenters. The van der Waals surface area contributed by atoms with E-state index in [0.717, 1.165) is 23.6 Å². The number of alkyl halides is 5. The van der Waals surface area contributed by atoms with Crippen molar-refractivity contribution in [2.45, 2.75) is 51.2 Å². The average molecular weight is 497 g/mol. The molecule has 5 rings (SSSR count). The zero-order valence-electron chi connectivity index (χ0n) is 18.7. The number of halogens is 5. The number of nitrogens with zero attached hydrogens (tertiary/aromatic N) is 7. The highest BCUT2D eigenvalue weighted by Gasteiger charge is 2.45. The van der Waals surface area contributed by atoms with E-state index in [1.165, 1.54) is 18.3 Å². The van der Waals surface area contributed by atoms with Gasteiger partial charge in [0, 0.05) is 26.2 Å². The molecule has 5 heterocycles. The normalized spacial score (nSPS) is 21.0. The highest BCUT2D eigenvalue weighted by molar-refractivity contribution is 5.71. The lowest BCUT2D eigenvalue weighted by Gasteiger charge is -2.39. The van der Waals surface area contributed by atoms with Gasteiger partial charge in [0.15, 0.2) is 5.65 Å². The molecule has 35 heavy (non-hydrogen) atoms. The molecule has 0 radical (unpaired) electrons. The first kappa shape index (κ1) is 23.8. The molecule has 0 saturated carbocycles. The number of anilines is 1. The molecule has 0 amide bonds. The summed E-state index contributed by atoms with van der Waals surface area (Å²) in [6.45, 7) is 1.38. The van der Waals surface area contributed by atoms with Crippen LogP contribution in [0.5, 0.6) is 0 Å². The van der Waals surface area contributed by atoms with Crippen molar-refractivity contribution in [2.75, 3.05) is 24.5 Å². The second-order valence-corrected chi connectivity index (χ2v) is 9.24. The van der Waals surface area contributed by atoms with E-state index in [2.05, 4.69) is 20.1 Å². The smallest absolute Gasteiger partial charge is 0.378 e. The number of rotatable bonds is 5. The third-order valence-corrected chi connectivity index (χ3v) is 6.83. The summed E-state index contributed by atoms with van der Waals surface area (Å²) in [5.74, 6) is 0.576. The first-order chi connectivity index (χ1) is 16.6. The van der Waals surface area contributed by atoms with Gasteiger partial charge in [0.2, 0.25) is 0 Å². The Labute approximate surface area is 197 Å². The lowest BCUT2D eigenvalue weighted by molar-refractivity contribution is -0.141. The molecule has 1 unspecified atom stereocenters. The van der Waals surface area contributed by atoms with Crippen molar-refractivity contribution in [3.8, 4) is 0 Å². The van der Waals surface area contributed by atoms with Gasteiger partial charge in [-0.15, -0.1) is 0 Å². The SMILES string of the molecule is OC1CC2(CCN(c3cnc4cnn(CC(F)F)c4n3)CC2)CN1Cc1cccc(C(F)(F)F)n1. The van der Waals surface area contributed by atoms with E-state index in [4.69, 9.17) is 0 Å². The number of likely N-dealkylation sites (tertiary alicyclic amines) is 1. The maximum absolute atomic E-state index is 13.0. The van der Waals surface area contributed by atoms with Crippen LogP contribution in [0.1, 0.15) is 30.7 Å². The number of piperidine rings is 1. The first-order valence-corrected chi connectivity index (χ1v) is 11.3. The third-order valence-electron chi connectivity index (χ3n) is 6.83. The van der Waals surface area contributed by atoms with Crippen molar-refractivity contribution in [1.29, 1.82) is 0 Å². The van der Waals surface area contributed by atoms with E-state index in [-0.39, 0.29) is 17.7 Å². The summed E-state index contributed by atoms with van der Waals surface area (Å²) in [7, 11) is 0. The molecule has 1 N–H and O–H groups in total. The van der Waals surface area contributed by atoms with Crippen molar-refractivity contribution in [2.24, 2.45) is 5.41 Å². The lowest BCUT2D eigenvalue weighted by atomic mass is 9.77. The Balaban J connectivity index is 1.25. The first-order valence-electron chi connectivity index (χ1n) is 11.3. The largest absolute Gasteiger partial charge is 0.433 e. The molecule has 13 heteroatoms. The van der Waals surface area contributed by atoms with Gasteiger partial charge in [0.1, 0.15) is 29.8 Å². The Bertz CT molecular complexity index is 1190. The van der Waals surface area contributed by atoms with Gasteiger partial charge in [0.05, 0.1) is 18.1 Å². The van der Waals surface area contributed by atoms with Crippen LogP contribution in [-0.2, 0) is 19.3 Å². The fourth-order valence-corrected chi connectivity index (χ4v) is 5.04. The van der Waals surface area contributed by atoms with E-state index >= 15 is 0 Å². The molecule has 188 valence electrons. The van der Waals surface area contributed by atoms with Crippen LogP contribution in [0.3, 0.4) is 0 Å². The minimum Gasteiger partial charge on any atom is -0.378 e. The standard InChI is InChI=1S/C22H24F5N7O/c23-17(24)12-34-20-15(9-29-34)28-10-18(31-20)32-6-4-21(5-7-32)8-19(35)33(13-21)11-14-2-1-3-16(30-14)22(25,26)27/h1-3,9-10,17,19,35H,4-8,11-13H2. The van der Waals surface area contributed by atoms with Crippen LogP contribution in [0.2, 0.25) is 0 Å². The second kappa shape index (κ2) is 8.94. The van der Waals surface area contributed by atoms with Gasteiger partial charge in [-0.05, 0) is 36.8 Å². The number of hydrogen-bond acceptors (Lipinski definition) is 7. The third kappa shape index (κ3) is 4.92. The summed E-state index contributed by atoms with van der Waals surface area (Å²) in [4.78, 5) is 16.3. The molecule has 2 aliphatic rings. The summed E-state index contributed by atoms with van der Waals surface area (Å²) < 4.78 is 65.8. The quantitative estimate of drug-likeness (QED) is 0.542. The number of aromatic nitrogens is 5. The Morgan fingerprint density at radius 2 is 1.89 bits per heavy atom. The number of aliphatic hydroxyl groups is 1. The van der Waals surface area contributed by atoms with Gasteiger partial charge in [-0.1, -0.05) is 6.07 Å². The molecular formula is C22H24F5N7O. The monoisotopic (exact) mass is 497 g/mol. The van der Waals surface area contributed by atoms with Crippen molar-refractivity contribution >= 4 is 17.0 Å². The van der Waals surface area contributed by atoms with Crippen molar-refractivity contribution in [3.63, 3.8) is 0 Å². The van der Waals surface area contributed by atoms with Gasteiger partial charge in [-0.2, -0.15) is 18.3 Å². The minimum absolute atomic E-state index is 0.132. The van der Waals surface area contributed by atoms with Crippen LogP contribution in [-0.4, -0.2) is 67.0 Å². The zero-order valence-corrected chi connectivity index (χ0v) is 18.7. The fourth-order valence-electron chi connectivity index (χ4n) is 5.04. The van der Waals surface area contributed by atoms with E-state index < -0.39 is 31.1 Å². The molecule has 3 aromatic rings. The van der Waals surface area contributed by atoms with Gasteiger partial charge in [-0.25, -0.2) is 28.4 Å². The number of pyridine rings is 1. The zero-order chi connectivity index (χ0) is 24.8. The Morgan fingerprint density at radius 1 is 1.11 bits per heavy atom. The maximum Gasteiger partial charge on any atom is 0.433 e. The fraction of sp³-hybridized carbons (Fsp3) is 0.545. The van der Waals surface area contributed by atoms with Crippen LogP contribution in [0, 0.1) is 5.41 Å². The number of aliphatic hydroxyl groups excluding tert-OH is 1. The van der Waals surface area contributed by atoms with Gasteiger partial charge in [-0.3, -0.25) is 4.90 Å². The van der Waals surface area contributed by atoms with Crippen molar-refractivity contribution < 1.29 is 27.1 Å². The predicted octanol–water partition coefficient (Wildman–Crippen LogP) is 3.32. The van der Waals surface area contributed by atoms with Crippen molar-refractivity contribution in [1.82, 2.24) is 29.6 Å². The molecule has 0 aliphatic carbocycles. The van der Waals surface area contributed by atoms with E-state index in [1.54, 1.807) is 11.1 Å². The second-order valence-electron chi connectivity index (χ2n) is 9.24. The highest BCUT2D eigenvalue weighted by atomic mass is 19.4. The average Bonchev–Trinajstić information content (AvgIpc) is 3.33. The molecule has 8 nitrogen and oxygen atoms in total. The lowest BCUT2D eigenvalue weighted by Crippen LogP contribution is -2.42. The Kier molecular flexibility index (Phi) is 6.08. The van der Waals surface area contributed by atoms with Crippen LogP contribution < -0.4 is 4.90 Å². The summed E-state index contributed by atoms with van der Waals surface area (Å²) in [5, 5.41) is 14.6. The van der Waals surface area contributed by atoms with Crippen LogP contribution in [0.15, 0.2) is 30.6 Å². The van der Waals surface area contributed by atoms with Crippen LogP contribution >= 0.6 is 0 Å². The molecule has 2 saturated heterocycles. The molecule has 1 spiro atoms. The minimum atomic E-state index is -4.52. The molecule has 0 aromatic carbocycles. The topological polar surface area (TPSA) is 83.2 Å². The molecule has 2 aliphatic heterocycles. The van der Waals surface area contributed by atoms with E-state index in [1.807, 2.05) is 4.90 Å². The Hall–Kier alpha value is -2.93. The Morgan fingerprint density at radius 3 is 2.60 bits per heavy atom. The molecule has 3 aromatic heterocycles. The van der Waals surface area contributed by atoms with Crippen LogP contribution in [0.25, 0.3) is 11.2 Å². The van der Waals surface area contributed by atoms with Gasteiger partial charge < -0.3 is 10.0 Å². The van der Waals surface area contributed by atoms with Crippen molar-refractivity contribution in [3.05, 3.63) is 42.0 Å². The van der Waals surface area contributed by atoms with Gasteiger partial charge in [0.25, 0.3) is 6.43 Å². The molecular weight excluding hydrogens is 473 g/mol. The predicted molar refractivity (Wildman–Crippen MR) is 115 cm³/mol. The summed E-state index contributed by atoms with van der Waals surface area (Å²) in [6.07, 6.45) is -2.82. The van der Waals surface area contributed by atoms with Gasteiger partial charge >= 0.3 is 6.18 Å². The summed E-state index contributed by atoms with van der Waals surface area (Å²) >= 11 is 0. The highest BCUT2D eigenvalue weighted by Crippen LogP contribution is 2.43. The number of fused-ring (bicyclic) bond motifs is 1. The van der Waals surface area contributed by atoms with E-state index in [0.29, 0.717) is 43.0 Å². The summed E-state index contributed by atoms with van der Waals surface area (Å²) in [5.41, 5.74) is -0.108. The van der Waals surface area contributed by atoms with E-state index in [9.17, 15) is 27.1 Å². The molecule has 0 bridgehead atoms. The van der Waals surface area contributed by atoms with Crippen LogP contribution in [0.4, 0.5) is 27.8 Å². The number of hydrogen-bond donors (Lipinski definition) is 1.